The predicted octanol–water partition coefficient (Wildman–Crippen LogP) is 1.26. The summed E-state index contributed by atoms with van der Waals surface area (Å²) in [5.74, 6) is 1.07. The van der Waals surface area contributed by atoms with E-state index in [9.17, 15) is 0 Å². The van der Waals surface area contributed by atoms with Gasteiger partial charge in [-0.2, -0.15) is 5.10 Å². The maximum atomic E-state index is 5.49. The number of morpholine rings is 1. The van der Waals surface area contributed by atoms with Crippen molar-refractivity contribution in [2.45, 2.75) is 46.2 Å². The number of hydrogen-bond acceptors (Lipinski definition) is 4. The summed E-state index contributed by atoms with van der Waals surface area (Å²) < 4.78 is 7.57. The highest BCUT2D eigenvalue weighted by molar-refractivity contribution is 5.80. The van der Waals surface area contributed by atoms with Crippen LogP contribution in [0.2, 0.25) is 0 Å². The Kier molecular flexibility index (Phi) is 6.91. The number of nitrogens with zero attached hydrogens (tertiary/aromatic N) is 5. The first kappa shape index (κ1) is 19.2. The molecule has 0 spiro atoms. The van der Waals surface area contributed by atoms with Gasteiger partial charge < -0.3 is 15.0 Å². The Morgan fingerprint density at radius 2 is 2.12 bits per heavy atom. The van der Waals surface area contributed by atoms with Crippen LogP contribution in [0.15, 0.2) is 11.1 Å². The molecule has 7 nitrogen and oxygen atoms in total. The molecule has 0 radical (unpaired) electrons. The molecule has 0 amide bonds. The molecule has 26 heavy (non-hydrogen) atoms. The largest absolute Gasteiger partial charge is 0.379 e. The van der Waals surface area contributed by atoms with E-state index in [1.807, 2.05) is 6.92 Å². The fourth-order valence-electron chi connectivity index (χ4n) is 3.91. The monoisotopic (exact) mass is 362 g/mol. The van der Waals surface area contributed by atoms with Crippen molar-refractivity contribution < 1.29 is 4.74 Å². The quantitative estimate of drug-likeness (QED) is 0.469. The van der Waals surface area contributed by atoms with Gasteiger partial charge in [0.15, 0.2) is 5.96 Å². The van der Waals surface area contributed by atoms with E-state index in [1.54, 1.807) is 0 Å². The van der Waals surface area contributed by atoms with Gasteiger partial charge in [0.05, 0.1) is 18.9 Å². The second kappa shape index (κ2) is 9.37. The molecule has 0 bridgehead atoms. The number of aliphatic imine (C=N–C) groups is 1. The van der Waals surface area contributed by atoms with Crippen LogP contribution in [0.25, 0.3) is 0 Å². The molecular weight excluding hydrogens is 328 g/mol. The minimum absolute atomic E-state index is 0.637. The number of nitrogens with one attached hydrogen (secondary N) is 1. The van der Waals surface area contributed by atoms with Crippen molar-refractivity contribution in [2.75, 3.05) is 52.5 Å². The van der Waals surface area contributed by atoms with Gasteiger partial charge >= 0.3 is 0 Å². The van der Waals surface area contributed by atoms with Gasteiger partial charge in [0.1, 0.15) is 0 Å². The zero-order valence-corrected chi connectivity index (χ0v) is 16.6. The Hall–Kier alpha value is -1.60. The summed E-state index contributed by atoms with van der Waals surface area (Å²) in [4.78, 5) is 9.88. The van der Waals surface area contributed by atoms with E-state index in [2.05, 4.69) is 44.8 Å². The standard InChI is InChI=1S/C19H34N6O/c1-4-20-19(21-7-5-8-25-17(3)14-16(2)22-25)24-9-6-18(15-24)23-10-12-26-13-11-23/h14,18H,4-13,15H2,1-3H3,(H,20,21). The lowest BCUT2D eigenvalue weighted by atomic mass is 10.2. The van der Waals surface area contributed by atoms with Crippen molar-refractivity contribution in [3.8, 4) is 0 Å². The van der Waals surface area contributed by atoms with Crippen molar-refractivity contribution in [3.63, 3.8) is 0 Å². The van der Waals surface area contributed by atoms with Crippen LogP contribution in [0.1, 0.15) is 31.2 Å². The molecule has 0 saturated carbocycles. The molecule has 1 aromatic rings. The molecule has 146 valence electrons. The van der Waals surface area contributed by atoms with Gasteiger partial charge in [0, 0.05) is 57.5 Å². The molecule has 1 atom stereocenters. The SMILES string of the molecule is CCNC(=NCCCn1nc(C)cc1C)N1CCC(N2CCOCC2)C1. The molecule has 2 aliphatic heterocycles. The third-order valence-corrected chi connectivity index (χ3v) is 5.25. The summed E-state index contributed by atoms with van der Waals surface area (Å²) in [5, 5.41) is 8.00. The first-order valence-electron chi connectivity index (χ1n) is 10.0. The summed E-state index contributed by atoms with van der Waals surface area (Å²) in [5.41, 5.74) is 2.32. The highest BCUT2D eigenvalue weighted by Gasteiger charge is 2.30. The van der Waals surface area contributed by atoms with Gasteiger partial charge in [-0.05, 0) is 39.7 Å². The third-order valence-electron chi connectivity index (χ3n) is 5.25. The van der Waals surface area contributed by atoms with Crippen molar-refractivity contribution in [2.24, 2.45) is 4.99 Å². The number of guanidine groups is 1. The summed E-state index contributed by atoms with van der Waals surface area (Å²) in [6, 6.07) is 2.76. The molecule has 1 N–H and O–H groups in total. The average Bonchev–Trinajstić information content (AvgIpc) is 3.25. The normalized spacial score (nSPS) is 22.2. The fourth-order valence-corrected chi connectivity index (χ4v) is 3.91. The molecule has 1 unspecified atom stereocenters. The highest BCUT2D eigenvalue weighted by atomic mass is 16.5. The van der Waals surface area contributed by atoms with Crippen molar-refractivity contribution >= 4 is 5.96 Å². The van der Waals surface area contributed by atoms with Crippen LogP contribution in [-0.4, -0.2) is 84.1 Å². The van der Waals surface area contributed by atoms with E-state index in [-0.39, 0.29) is 0 Å². The molecule has 0 aromatic carbocycles. The highest BCUT2D eigenvalue weighted by Crippen LogP contribution is 2.17. The summed E-state index contributed by atoms with van der Waals surface area (Å²) in [7, 11) is 0. The van der Waals surface area contributed by atoms with Crippen LogP contribution in [0, 0.1) is 13.8 Å². The van der Waals surface area contributed by atoms with Crippen LogP contribution in [0.3, 0.4) is 0 Å². The van der Waals surface area contributed by atoms with Gasteiger partial charge in [-0.1, -0.05) is 0 Å². The first-order valence-corrected chi connectivity index (χ1v) is 10.0. The second-order valence-electron chi connectivity index (χ2n) is 7.28. The number of hydrogen-bond donors (Lipinski definition) is 1. The van der Waals surface area contributed by atoms with Crippen LogP contribution in [0.4, 0.5) is 0 Å². The van der Waals surface area contributed by atoms with E-state index in [0.717, 1.165) is 77.1 Å². The molecule has 7 heteroatoms. The Labute approximate surface area is 157 Å². The van der Waals surface area contributed by atoms with Gasteiger partial charge in [-0.15, -0.1) is 0 Å². The molecule has 2 saturated heterocycles. The molecule has 2 aliphatic rings. The third kappa shape index (κ3) is 4.98. The van der Waals surface area contributed by atoms with Crippen LogP contribution in [0.5, 0.6) is 0 Å². The van der Waals surface area contributed by atoms with E-state index in [4.69, 9.17) is 9.73 Å². The van der Waals surface area contributed by atoms with Gasteiger partial charge in [0.25, 0.3) is 0 Å². The molecule has 3 heterocycles. The van der Waals surface area contributed by atoms with Crippen LogP contribution < -0.4 is 5.32 Å². The smallest absolute Gasteiger partial charge is 0.193 e. The zero-order valence-electron chi connectivity index (χ0n) is 16.6. The van der Waals surface area contributed by atoms with Crippen LogP contribution >= 0.6 is 0 Å². The minimum atomic E-state index is 0.637. The topological polar surface area (TPSA) is 57.9 Å². The zero-order chi connectivity index (χ0) is 18.4. The van der Waals surface area contributed by atoms with E-state index < -0.39 is 0 Å². The molecule has 1 aromatic heterocycles. The van der Waals surface area contributed by atoms with Crippen molar-refractivity contribution in [1.29, 1.82) is 0 Å². The predicted molar refractivity (Wildman–Crippen MR) is 105 cm³/mol. The lowest BCUT2D eigenvalue weighted by molar-refractivity contribution is 0.0195. The van der Waals surface area contributed by atoms with Crippen molar-refractivity contribution in [3.05, 3.63) is 17.5 Å². The minimum Gasteiger partial charge on any atom is -0.379 e. The van der Waals surface area contributed by atoms with Gasteiger partial charge in [-0.3, -0.25) is 14.6 Å². The summed E-state index contributed by atoms with van der Waals surface area (Å²) >= 11 is 0. The number of aromatic nitrogens is 2. The summed E-state index contributed by atoms with van der Waals surface area (Å²) in [6.07, 6.45) is 2.23. The second-order valence-corrected chi connectivity index (χ2v) is 7.28. The maximum absolute atomic E-state index is 5.49. The van der Waals surface area contributed by atoms with Gasteiger partial charge in [-0.25, -0.2) is 0 Å². The Morgan fingerprint density at radius 3 is 2.81 bits per heavy atom. The number of aryl methyl sites for hydroxylation is 3. The average molecular weight is 363 g/mol. The Balaban J connectivity index is 1.49. The molecule has 3 rings (SSSR count). The lowest BCUT2D eigenvalue weighted by Crippen LogP contribution is -2.46. The molecular formula is C19H34N6O. The first-order chi connectivity index (χ1) is 12.7. The Morgan fingerprint density at radius 1 is 1.31 bits per heavy atom. The van der Waals surface area contributed by atoms with Crippen LogP contribution in [-0.2, 0) is 11.3 Å². The number of likely N-dealkylation sites (tertiary alicyclic amines) is 1. The van der Waals surface area contributed by atoms with E-state index in [0.29, 0.717) is 6.04 Å². The number of ether oxygens (including phenoxy) is 1. The number of rotatable bonds is 6. The van der Waals surface area contributed by atoms with Crippen molar-refractivity contribution in [1.82, 2.24) is 24.9 Å². The molecule has 0 aliphatic carbocycles. The lowest BCUT2D eigenvalue weighted by Gasteiger charge is -2.32. The van der Waals surface area contributed by atoms with E-state index in [1.165, 1.54) is 12.1 Å². The fraction of sp³-hybridized carbons (Fsp3) is 0.789. The Bertz CT molecular complexity index is 593. The molecule has 2 fully saturated rings. The van der Waals surface area contributed by atoms with E-state index >= 15 is 0 Å². The van der Waals surface area contributed by atoms with Gasteiger partial charge in [0.2, 0.25) is 0 Å². The summed E-state index contributed by atoms with van der Waals surface area (Å²) in [6.45, 7) is 15.0. The maximum Gasteiger partial charge on any atom is 0.193 e.